The standard InChI is InChI=1S/C22H19N7O2/c1-15-7-9-18(27-22(31)26-17-5-3-2-4-6-17)11-19(15)28-21(30)16-8-10-20(24-12-16)29-14-23-13-25-29/h2-14H,1H3,(H,28,30)(H2,26,27,31). The average Bonchev–Trinajstić information content (AvgIpc) is 3.32. The first kappa shape index (κ1) is 19.8. The van der Waals surface area contributed by atoms with Crippen LogP contribution in [0, 0.1) is 6.92 Å². The second-order valence-corrected chi connectivity index (χ2v) is 6.67. The van der Waals surface area contributed by atoms with Crippen molar-refractivity contribution >= 4 is 29.0 Å². The lowest BCUT2D eigenvalue weighted by atomic mass is 10.1. The molecular formula is C22H19N7O2. The van der Waals surface area contributed by atoms with Crippen molar-refractivity contribution in [2.75, 3.05) is 16.0 Å². The molecule has 0 aliphatic carbocycles. The molecule has 31 heavy (non-hydrogen) atoms. The molecule has 3 amide bonds. The Hall–Kier alpha value is -4.53. The van der Waals surface area contributed by atoms with E-state index in [2.05, 4.69) is 31.0 Å². The number of aryl methyl sites for hydroxylation is 1. The molecule has 4 aromatic rings. The fraction of sp³-hybridized carbons (Fsp3) is 0.0455. The molecule has 9 heteroatoms. The van der Waals surface area contributed by atoms with Crippen LogP contribution in [-0.4, -0.2) is 31.7 Å². The molecule has 0 bridgehead atoms. The van der Waals surface area contributed by atoms with Gasteiger partial charge in [-0.3, -0.25) is 4.79 Å². The number of nitrogens with one attached hydrogen (secondary N) is 3. The van der Waals surface area contributed by atoms with E-state index in [4.69, 9.17) is 0 Å². The van der Waals surface area contributed by atoms with Crippen LogP contribution in [0.3, 0.4) is 0 Å². The molecule has 4 rings (SSSR count). The van der Waals surface area contributed by atoms with E-state index in [-0.39, 0.29) is 11.9 Å². The van der Waals surface area contributed by atoms with Crippen LogP contribution in [0.1, 0.15) is 15.9 Å². The largest absolute Gasteiger partial charge is 0.323 e. The Morgan fingerprint density at radius 3 is 2.42 bits per heavy atom. The van der Waals surface area contributed by atoms with Crippen molar-refractivity contribution < 1.29 is 9.59 Å². The Kier molecular flexibility index (Phi) is 5.66. The van der Waals surface area contributed by atoms with Crippen LogP contribution in [-0.2, 0) is 0 Å². The third-order valence-electron chi connectivity index (χ3n) is 4.44. The van der Waals surface area contributed by atoms with Crippen molar-refractivity contribution in [2.45, 2.75) is 6.92 Å². The van der Waals surface area contributed by atoms with Gasteiger partial charge >= 0.3 is 6.03 Å². The summed E-state index contributed by atoms with van der Waals surface area (Å²) < 4.78 is 1.50. The molecule has 0 radical (unpaired) electrons. The average molecular weight is 413 g/mol. The zero-order valence-corrected chi connectivity index (χ0v) is 16.6. The molecule has 2 aromatic heterocycles. The van der Waals surface area contributed by atoms with E-state index in [1.165, 1.54) is 23.5 Å². The van der Waals surface area contributed by atoms with Crippen LogP contribution in [0.15, 0.2) is 79.5 Å². The van der Waals surface area contributed by atoms with Gasteiger partial charge in [-0.1, -0.05) is 24.3 Å². The third-order valence-corrected chi connectivity index (χ3v) is 4.44. The maximum Gasteiger partial charge on any atom is 0.323 e. The summed E-state index contributed by atoms with van der Waals surface area (Å²) >= 11 is 0. The number of benzene rings is 2. The quantitative estimate of drug-likeness (QED) is 0.460. The first-order chi connectivity index (χ1) is 15.1. The van der Waals surface area contributed by atoms with Gasteiger partial charge in [0.15, 0.2) is 5.82 Å². The van der Waals surface area contributed by atoms with E-state index in [1.807, 2.05) is 31.2 Å². The number of amides is 3. The molecule has 154 valence electrons. The molecule has 0 aliphatic rings. The van der Waals surface area contributed by atoms with Crippen molar-refractivity contribution in [2.24, 2.45) is 0 Å². The number of hydrogen-bond donors (Lipinski definition) is 3. The maximum absolute atomic E-state index is 12.7. The SMILES string of the molecule is Cc1ccc(NC(=O)Nc2ccccc2)cc1NC(=O)c1ccc(-n2cncn2)nc1. The monoisotopic (exact) mass is 413 g/mol. The summed E-state index contributed by atoms with van der Waals surface area (Å²) in [5.74, 6) is 0.243. The highest BCUT2D eigenvalue weighted by molar-refractivity contribution is 6.05. The van der Waals surface area contributed by atoms with Gasteiger partial charge in [0, 0.05) is 23.3 Å². The second kappa shape index (κ2) is 8.87. The minimum Gasteiger partial charge on any atom is -0.322 e. The van der Waals surface area contributed by atoms with Crippen LogP contribution in [0.5, 0.6) is 0 Å². The van der Waals surface area contributed by atoms with E-state index >= 15 is 0 Å². The Bertz CT molecular complexity index is 1190. The number of aromatic nitrogens is 4. The summed E-state index contributed by atoms with van der Waals surface area (Å²) in [6.45, 7) is 1.87. The zero-order valence-electron chi connectivity index (χ0n) is 16.6. The van der Waals surface area contributed by atoms with Gasteiger partial charge in [-0.2, -0.15) is 5.10 Å². The summed E-state index contributed by atoms with van der Waals surface area (Å²) in [7, 11) is 0. The molecule has 0 aliphatic heterocycles. The minimum atomic E-state index is -0.375. The summed E-state index contributed by atoms with van der Waals surface area (Å²) in [5, 5.41) is 12.4. The van der Waals surface area contributed by atoms with Gasteiger partial charge in [-0.15, -0.1) is 0 Å². The maximum atomic E-state index is 12.7. The summed E-state index contributed by atoms with van der Waals surface area (Å²) in [5.41, 5.74) is 3.07. The number of nitrogens with zero attached hydrogens (tertiary/aromatic N) is 4. The van der Waals surface area contributed by atoms with Crippen LogP contribution >= 0.6 is 0 Å². The molecule has 0 saturated carbocycles. The highest BCUT2D eigenvalue weighted by atomic mass is 16.2. The summed E-state index contributed by atoms with van der Waals surface area (Å²) in [6, 6.07) is 17.4. The molecule has 2 aromatic carbocycles. The zero-order chi connectivity index (χ0) is 21.6. The fourth-order valence-corrected chi connectivity index (χ4v) is 2.83. The molecular weight excluding hydrogens is 394 g/mol. The van der Waals surface area contributed by atoms with Crippen molar-refractivity contribution in [3.63, 3.8) is 0 Å². The first-order valence-electron chi connectivity index (χ1n) is 9.44. The Morgan fingerprint density at radius 1 is 0.903 bits per heavy atom. The smallest absolute Gasteiger partial charge is 0.322 e. The number of carbonyl (C=O) groups is 2. The van der Waals surface area contributed by atoms with E-state index < -0.39 is 0 Å². The van der Waals surface area contributed by atoms with Crippen LogP contribution < -0.4 is 16.0 Å². The molecule has 0 atom stereocenters. The van der Waals surface area contributed by atoms with Crippen LogP contribution in [0.2, 0.25) is 0 Å². The lowest BCUT2D eigenvalue weighted by Crippen LogP contribution is -2.19. The van der Waals surface area contributed by atoms with Gasteiger partial charge < -0.3 is 16.0 Å². The molecule has 9 nitrogen and oxygen atoms in total. The second-order valence-electron chi connectivity index (χ2n) is 6.67. The van der Waals surface area contributed by atoms with Gasteiger partial charge in [0.25, 0.3) is 5.91 Å². The van der Waals surface area contributed by atoms with Crippen LogP contribution in [0.4, 0.5) is 21.9 Å². The van der Waals surface area contributed by atoms with Crippen molar-refractivity contribution in [1.82, 2.24) is 19.7 Å². The molecule has 0 fully saturated rings. The molecule has 0 saturated heterocycles. The van der Waals surface area contributed by atoms with E-state index in [0.717, 1.165) is 5.56 Å². The molecule has 2 heterocycles. The molecule has 0 unspecified atom stereocenters. The van der Waals surface area contributed by atoms with Crippen LogP contribution in [0.25, 0.3) is 5.82 Å². The number of para-hydroxylation sites is 1. The molecule has 3 N–H and O–H groups in total. The number of urea groups is 1. The normalized spacial score (nSPS) is 10.4. The predicted octanol–water partition coefficient (Wildman–Crippen LogP) is 3.87. The Labute approximate surface area is 178 Å². The van der Waals surface area contributed by atoms with Crippen molar-refractivity contribution in [3.05, 3.63) is 90.6 Å². The fourth-order valence-electron chi connectivity index (χ4n) is 2.83. The first-order valence-corrected chi connectivity index (χ1v) is 9.44. The number of hydrogen-bond acceptors (Lipinski definition) is 5. The van der Waals surface area contributed by atoms with Gasteiger partial charge in [0.2, 0.25) is 0 Å². The number of pyridine rings is 1. The summed E-state index contributed by atoms with van der Waals surface area (Å²) in [4.78, 5) is 33.0. The van der Waals surface area contributed by atoms with Gasteiger partial charge in [0.05, 0.1) is 5.56 Å². The molecule has 0 spiro atoms. The van der Waals surface area contributed by atoms with E-state index in [9.17, 15) is 9.59 Å². The Balaban J connectivity index is 1.43. The van der Waals surface area contributed by atoms with Gasteiger partial charge in [-0.25, -0.2) is 19.4 Å². The highest BCUT2D eigenvalue weighted by Crippen LogP contribution is 2.21. The van der Waals surface area contributed by atoms with E-state index in [0.29, 0.717) is 28.4 Å². The summed E-state index contributed by atoms with van der Waals surface area (Å²) in [6.07, 6.45) is 4.40. The number of rotatable bonds is 5. The van der Waals surface area contributed by atoms with Crippen molar-refractivity contribution in [1.29, 1.82) is 0 Å². The Morgan fingerprint density at radius 2 is 1.71 bits per heavy atom. The minimum absolute atomic E-state index is 0.313. The third kappa shape index (κ3) is 4.91. The number of carbonyl (C=O) groups excluding carboxylic acids is 2. The van der Waals surface area contributed by atoms with Gasteiger partial charge in [0.1, 0.15) is 12.7 Å². The predicted molar refractivity (Wildman–Crippen MR) is 117 cm³/mol. The van der Waals surface area contributed by atoms with Gasteiger partial charge in [-0.05, 0) is 48.9 Å². The number of anilines is 3. The van der Waals surface area contributed by atoms with Crippen molar-refractivity contribution in [3.8, 4) is 5.82 Å². The lowest BCUT2D eigenvalue weighted by molar-refractivity contribution is 0.102. The highest BCUT2D eigenvalue weighted by Gasteiger charge is 2.11. The topological polar surface area (TPSA) is 114 Å². The lowest BCUT2D eigenvalue weighted by Gasteiger charge is -2.12. The van der Waals surface area contributed by atoms with E-state index in [1.54, 1.807) is 36.4 Å².